The molecule has 0 atom stereocenters. The van der Waals surface area contributed by atoms with Gasteiger partial charge in [-0.1, -0.05) is 58.8 Å². The van der Waals surface area contributed by atoms with Crippen LogP contribution in [0.2, 0.25) is 0 Å². The second-order valence-corrected chi connectivity index (χ2v) is 9.19. The normalized spacial score (nSPS) is 28.7. The Morgan fingerprint density at radius 1 is 0.741 bits per heavy atom. The molecule has 2 heteroatoms. The summed E-state index contributed by atoms with van der Waals surface area (Å²) in [6, 6.07) is 8.25. The Morgan fingerprint density at radius 3 is 1.93 bits per heavy atom. The molecule has 0 unspecified atom stereocenters. The van der Waals surface area contributed by atoms with Crippen molar-refractivity contribution in [2.45, 2.75) is 84.5 Å². The second-order valence-electron chi connectivity index (χ2n) is 9.19. The maximum Gasteiger partial charge on any atom is 0.119 e. The molecular weight excluding hydrogens is 332 g/mol. The first kappa shape index (κ1) is 20.6. The summed E-state index contributed by atoms with van der Waals surface area (Å²) in [6.07, 6.45) is 15.0. The van der Waals surface area contributed by atoms with Crippen LogP contribution in [0.5, 0.6) is 11.5 Å². The van der Waals surface area contributed by atoms with Gasteiger partial charge in [0, 0.05) is 0 Å². The molecule has 0 N–H and O–H groups in total. The highest BCUT2D eigenvalue weighted by atomic mass is 16.5. The van der Waals surface area contributed by atoms with Gasteiger partial charge in [-0.3, -0.25) is 0 Å². The van der Waals surface area contributed by atoms with Crippen LogP contribution in [-0.2, 0) is 0 Å². The molecule has 152 valence electrons. The van der Waals surface area contributed by atoms with Gasteiger partial charge in [0.15, 0.2) is 0 Å². The molecule has 0 amide bonds. The largest absolute Gasteiger partial charge is 0.494 e. The number of ether oxygens (including phenoxy) is 2. The van der Waals surface area contributed by atoms with Crippen molar-refractivity contribution < 1.29 is 9.47 Å². The molecule has 2 aliphatic rings. The highest BCUT2D eigenvalue weighted by molar-refractivity contribution is 5.31. The quantitative estimate of drug-likeness (QED) is 0.424. The Morgan fingerprint density at radius 2 is 1.30 bits per heavy atom. The van der Waals surface area contributed by atoms with Gasteiger partial charge in [-0.2, -0.15) is 0 Å². The van der Waals surface area contributed by atoms with Crippen LogP contribution in [0, 0.1) is 23.7 Å². The van der Waals surface area contributed by atoms with Crippen molar-refractivity contribution in [2.24, 2.45) is 23.7 Å². The summed E-state index contributed by atoms with van der Waals surface area (Å²) in [5.74, 6) is 5.54. The molecular formula is C25H40O2. The van der Waals surface area contributed by atoms with Gasteiger partial charge >= 0.3 is 0 Å². The van der Waals surface area contributed by atoms with E-state index in [0.29, 0.717) is 0 Å². The van der Waals surface area contributed by atoms with Crippen LogP contribution in [0.3, 0.4) is 0 Å². The predicted molar refractivity (Wildman–Crippen MR) is 114 cm³/mol. The molecule has 0 spiro atoms. The van der Waals surface area contributed by atoms with Crippen molar-refractivity contribution >= 4 is 0 Å². The molecule has 0 aliphatic heterocycles. The van der Waals surface area contributed by atoms with E-state index >= 15 is 0 Å². The highest BCUT2D eigenvalue weighted by Crippen LogP contribution is 2.33. The van der Waals surface area contributed by atoms with Crippen molar-refractivity contribution in [2.75, 3.05) is 13.2 Å². The molecule has 0 radical (unpaired) electrons. The fourth-order valence-electron chi connectivity index (χ4n) is 4.83. The molecule has 27 heavy (non-hydrogen) atoms. The summed E-state index contributed by atoms with van der Waals surface area (Å²) < 4.78 is 11.9. The highest BCUT2D eigenvalue weighted by Gasteiger charge is 2.20. The van der Waals surface area contributed by atoms with E-state index in [9.17, 15) is 0 Å². The van der Waals surface area contributed by atoms with Crippen LogP contribution in [0.4, 0.5) is 0 Å². The maximum absolute atomic E-state index is 6.00. The summed E-state index contributed by atoms with van der Waals surface area (Å²) in [5, 5.41) is 0. The lowest BCUT2D eigenvalue weighted by Gasteiger charge is -2.27. The molecule has 2 nitrogen and oxygen atoms in total. The van der Waals surface area contributed by atoms with Gasteiger partial charge in [-0.05, 0) is 73.6 Å². The number of benzene rings is 1. The van der Waals surface area contributed by atoms with Crippen molar-refractivity contribution in [3.05, 3.63) is 24.3 Å². The van der Waals surface area contributed by atoms with Crippen LogP contribution in [0.25, 0.3) is 0 Å². The molecule has 0 heterocycles. The molecule has 1 aromatic carbocycles. The Kier molecular flexibility index (Phi) is 8.35. The zero-order chi connectivity index (χ0) is 18.9. The SMILES string of the molecule is CC[C@H]1CC[C@H](CCCOc2ccc(OC[C@H]3CC[C@H](C)CC3)cc2)CC1. The summed E-state index contributed by atoms with van der Waals surface area (Å²) in [6.45, 7) is 6.42. The Labute approximate surface area is 167 Å². The lowest BCUT2D eigenvalue weighted by molar-refractivity contribution is 0.188. The van der Waals surface area contributed by atoms with E-state index in [1.54, 1.807) is 0 Å². The standard InChI is InChI=1S/C25H40O2/c1-3-21-10-12-22(13-11-21)5-4-18-26-24-14-16-25(17-15-24)27-19-23-8-6-20(2)7-9-23/h14-17,20-23H,3-13,18-19H2,1-2H3/t20-,21-,22-,23-. The molecule has 1 aromatic rings. The van der Waals surface area contributed by atoms with Crippen molar-refractivity contribution in [3.8, 4) is 11.5 Å². The van der Waals surface area contributed by atoms with Crippen LogP contribution >= 0.6 is 0 Å². The zero-order valence-electron chi connectivity index (χ0n) is 17.6. The van der Waals surface area contributed by atoms with E-state index in [4.69, 9.17) is 9.47 Å². The third kappa shape index (κ3) is 7.05. The topological polar surface area (TPSA) is 18.5 Å². The lowest BCUT2D eigenvalue weighted by atomic mass is 9.79. The van der Waals surface area contributed by atoms with E-state index in [1.165, 1.54) is 70.6 Å². The smallest absolute Gasteiger partial charge is 0.119 e. The minimum Gasteiger partial charge on any atom is -0.494 e. The van der Waals surface area contributed by atoms with Gasteiger partial charge in [-0.25, -0.2) is 0 Å². The molecule has 2 aliphatic carbocycles. The van der Waals surface area contributed by atoms with Gasteiger partial charge in [0.2, 0.25) is 0 Å². The molecule has 0 bridgehead atoms. The molecule has 3 rings (SSSR count). The Hall–Kier alpha value is -1.18. The van der Waals surface area contributed by atoms with Gasteiger partial charge < -0.3 is 9.47 Å². The summed E-state index contributed by atoms with van der Waals surface area (Å²) in [5.41, 5.74) is 0. The summed E-state index contributed by atoms with van der Waals surface area (Å²) >= 11 is 0. The Balaban J connectivity index is 1.28. The van der Waals surface area contributed by atoms with E-state index < -0.39 is 0 Å². The van der Waals surface area contributed by atoms with E-state index in [2.05, 4.69) is 38.1 Å². The monoisotopic (exact) mass is 372 g/mol. The Bertz CT molecular complexity index is 508. The first-order chi connectivity index (χ1) is 13.2. The first-order valence-electron chi connectivity index (χ1n) is 11.6. The fourth-order valence-corrected chi connectivity index (χ4v) is 4.83. The summed E-state index contributed by atoms with van der Waals surface area (Å²) in [4.78, 5) is 0. The van der Waals surface area contributed by atoms with Crippen LogP contribution in [0.15, 0.2) is 24.3 Å². The van der Waals surface area contributed by atoms with Gasteiger partial charge in [0.25, 0.3) is 0 Å². The minimum atomic E-state index is 0.740. The number of rotatable bonds is 9. The number of hydrogen-bond acceptors (Lipinski definition) is 2. The second kappa shape index (κ2) is 11.0. The zero-order valence-corrected chi connectivity index (χ0v) is 17.6. The van der Waals surface area contributed by atoms with Gasteiger partial charge in [0.05, 0.1) is 13.2 Å². The predicted octanol–water partition coefficient (Wildman–Crippen LogP) is 7.27. The number of hydrogen-bond donors (Lipinski definition) is 0. The van der Waals surface area contributed by atoms with Crippen molar-refractivity contribution in [3.63, 3.8) is 0 Å². The first-order valence-corrected chi connectivity index (χ1v) is 11.6. The van der Waals surface area contributed by atoms with E-state index in [1.807, 2.05) is 0 Å². The fraction of sp³-hybridized carbons (Fsp3) is 0.760. The third-order valence-electron chi connectivity index (χ3n) is 7.01. The minimum absolute atomic E-state index is 0.740. The maximum atomic E-state index is 6.00. The van der Waals surface area contributed by atoms with E-state index in [-0.39, 0.29) is 0 Å². The molecule has 0 aromatic heterocycles. The van der Waals surface area contributed by atoms with E-state index in [0.717, 1.165) is 48.4 Å². The lowest BCUT2D eigenvalue weighted by Crippen LogP contribution is -2.18. The van der Waals surface area contributed by atoms with Gasteiger partial charge in [0.1, 0.15) is 11.5 Å². The molecule has 0 saturated heterocycles. The van der Waals surface area contributed by atoms with Crippen LogP contribution in [-0.4, -0.2) is 13.2 Å². The van der Waals surface area contributed by atoms with Crippen molar-refractivity contribution in [1.82, 2.24) is 0 Å². The summed E-state index contributed by atoms with van der Waals surface area (Å²) in [7, 11) is 0. The van der Waals surface area contributed by atoms with Crippen molar-refractivity contribution in [1.29, 1.82) is 0 Å². The molecule has 2 fully saturated rings. The van der Waals surface area contributed by atoms with Crippen LogP contribution < -0.4 is 9.47 Å². The average Bonchev–Trinajstić information content (AvgIpc) is 2.72. The van der Waals surface area contributed by atoms with Gasteiger partial charge in [-0.15, -0.1) is 0 Å². The van der Waals surface area contributed by atoms with Crippen LogP contribution in [0.1, 0.15) is 84.5 Å². The average molecular weight is 373 g/mol. The molecule has 2 saturated carbocycles. The third-order valence-corrected chi connectivity index (χ3v) is 7.01.